The summed E-state index contributed by atoms with van der Waals surface area (Å²) < 4.78 is 0. The maximum absolute atomic E-state index is 4.58. The molecule has 0 spiro atoms. The van der Waals surface area contributed by atoms with Crippen molar-refractivity contribution in [2.75, 3.05) is 0 Å². The molecule has 3 heteroatoms. The van der Waals surface area contributed by atoms with Crippen molar-refractivity contribution in [3.05, 3.63) is 47.2 Å². The first kappa shape index (κ1) is 10.7. The minimum absolute atomic E-state index is 0.793. The van der Waals surface area contributed by atoms with Gasteiger partial charge >= 0.3 is 0 Å². The zero-order chi connectivity index (χ0) is 12.8. The number of nitrogens with one attached hydrogen (secondary N) is 1. The molecule has 94 valence electrons. The number of imidazole rings is 1. The zero-order valence-electron chi connectivity index (χ0n) is 10.9. The third-order valence-corrected chi connectivity index (χ3v) is 3.85. The number of hydrogen-bond donors (Lipinski definition) is 1. The van der Waals surface area contributed by atoms with Gasteiger partial charge in [0.1, 0.15) is 5.82 Å². The van der Waals surface area contributed by atoms with E-state index in [0.717, 1.165) is 28.1 Å². The molecule has 0 fully saturated rings. The largest absolute Gasteiger partial charge is 0.337 e. The van der Waals surface area contributed by atoms with Gasteiger partial charge in [-0.15, -0.1) is 0 Å². The van der Waals surface area contributed by atoms with Crippen molar-refractivity contribution in [2.45, 2.75) is 26.2 Å². The fourth-order valence-corrected chi connectivity index (χ4v) is 2.86. The summed E-state index contributed by atoms with van der Waals surface area (Å²) in [4.78, 5) is 12.3. The van der Waals surface area contributed by atoms with E-state index in [4.69, 9.17) is 0 Å². The number of aromatic nitrogens is 3. The van der Waals surface area contributed by atoms with Gasteiger partial charge in [0, 0.05) is 11.8 Å². The molecule has 0 radical (unpaired) electrons. The van der Waals surface area contributed by atoms with Gasteiger partial charge in [-0.1, -0.05) is 12.1 Å². The summed E-state index contributed by atoms with van der Waals surface area (Å²) in [6.45, 7) is 2.04. The number of rotatable bonds is 1. The predicted molar refractivity (Wildman–Crippen MR) is 76.1 cm³/mol. The molecule has 0 bridgehead atoms. The number of H-pyrrole nitrogens is 1. The van der Waals surface area contributed by atoms with Crippen LogP contribution in [0.3, 0.4) is 0 Å². The van der Waals surface area contributed by atoms with Gasteiger partial charge in [0.15, 0.2) is 5.65 Å². The van der Waals surface area contributed by atoms with Gasteiger partial charge in [-0.2, -0.15) is 0 Å². The fourth-order valence-electron chi connectivity index (χ4n) is 2.86. The van der Waals surface area contributed by atoms with Crippen LogP contribution >= 0.6 is 0 Å². The summed E-state index contributed by atoms with van der Waals surface area (Å²) in [6, 6.07) is 8.76. The first-order valence-electron chi connectivity index (χ1n) is 6.74. The van der Waals surface area contributed by atoms with Gasteiger partial charge in [-0.25, -0.2) is 9.97 Å². The van der Waals surface area contributed by atoms with Gasteiger partial charge in [0.2, 0.25) is 0 Å². The van der Waals surface area contributed by atoms with Crippen LogP contribution in [0.15, 0.2) is 30.5 Å². The van der Waals surface area contributed by atoms with E-state index < -0.39 is 0 Å². The third kappa shape index (κ3) is 1.73. The smallest absolute Gasteiger partial charge is 0.178 e. The zero-order valence-corrected chi connectivity index (χ0v) is 10.9. The lowest BCUT2D eigenvalue weighted by molar-refractivity contribution is 0.912. The van der Waals surface area contributed by atoms with Crippen molar-refractivity contribution in [1.29, 1.82) is 0 Å². The Hall–Kier alpha value is -2.16. The molecule has 1 N–H and O–H groups in total. The van der Waals surface area contributed by atoms with Crippen molar-refractivity contribution in [1.82, 2.24) is 15.0 Å². The molecule has 0 saturated carbocycles. The average Bonchev–Trinajstić information content (AvgIpc) is 3.02. The van der Waals surface area contributed by atoms with Crippen molar-refractivity contribution in [2.24, 2.45) is 0 Å². The van der Waals surface area contributed by atoms with Crippen LogP contribution in [0.2, 0.25) is 0 Å². The van der Waals surface area contributed by atoms with E-state index in [9.17, 15) is 0 Å². The molecule has 19 heavy (non-hydrogen) atoms. The lowest BCUT2D eigenvalue weighted by Gasteiger charge is -2.01. The molecule has 4 rings (SSSR count). The molecular weight excluding hydrogens is 234 g/mol. The average molecular weight is 249 g/mol. The topological polar surface area (TPSA) is 41.6 Å². The Morgan fingerprint density at radius 1 is 1.11 bits per heavy atom. The number of hydrogen-bond acceptors (Lipinski definition) is 2. The number of benzene rings is 1. The van der Waals surface area contributed by atoms with Gasteiger partial charge in [0.25, 0.3) is 0 Å². The van der Waals surface area contributed by atoms with Crippen molar-refractivity contribution in [3.8, 4) is 11.4 Å². The molecule has 3 nitrogen and oxygen atoms in total. The second-order valence-corrected chi connectivity index (χ2v) is 5.31. The minimum Gasteiger partial charge on any atom is -0.337 e. The highest BCUT2D eigenvalue weighted by atomic mass is 15.0. The molecular formula is C16H15N3. The second-order valence-electron chi connectivity index (χ2n) is 5.31. The Balaban J connectivity index is 1.85. The van der Waals surface area contributed by atoms with Crippen LogP contribution in [0.1, 0.15) is 23.1 Å². The summed E-state index contributed by atoms with van der Waals surface area (Å²) in [5, 5.41) is 0. The molecule has 0 atom stereocenters. The van der Waals surface area contributed by atoms with Gasteiger partial charge in [-0.3, -0.25) is 0 Å². The van der Waals surface area contributed by atoms with Crippen LogP contribution in [0.5, 0.6) is 0 Å². The minimum atomic E-state index is 0.793. The van der Waals surface area contributed by atoms with Gasteiger partial charge in [-0.05, 0) is 55.0 Å². The molecule has 2 heterocycles. The van der Waals surface area contributed by atoms with E-state index in [1.807, 2.05) is 13.1 Å². The maximum Gasteiger partial charge on any atom is 0.178 e. The molecule has 0 aliphatic heterocycles. The summed E-state index contributed by atoms with van der Waals surface area (Å²) in [7, 11) is 0. The molecule has 1 aliphatic rings. The molecule has 3 aromatic rings. The van der Waals surface area contributed by atoms with Crippen LogP contribution in [-0.2, 0) is 12.8 Å². The van der Waals surface area contributed by atoms with E-state index in [-0.39, 0.29) is 0 Å². The second kappa shape index (κ2) is 3.92. The molecule has 1 aliphatic carbocycles. The fraction of sp³-hybridized carbons (Fsp3) is 0.250. The SMILES string of the molecule is Cc1cnc2nc(-c3ccc4c(c3)CCC4)[nH]c2c1. The summed E-state index contributed by atoms with van der Waals surface area (Å²) in [5.74, 6) is 0.919. The lowest BCUT2D eigenvalue weighted by atomic mass is 10.1. The van der Waals surface area contributed by atoms with E-state index in [0.29, 0.717) is 0 Å². The third-order valence-electron chi connectivity index (χ3n) is 3.85. The van der Waals surface area contributed by atoms with Crippen LogP contribution in [0, 0.1) is 6.92 Å². The maximum atomic E-state index is 4.58. The molecule has 0 unspecified atom stereocenters. The Bertz CT molecular complexity index is 771. The Labute approximate surface area is 111 Å². The van der Waals surface area contributed by atoms with E-state index in [1.54, 1.807) is 0 Å². The van der Waals surface area contributed by atoms with Crippen molar-refractivity contribution >= 4 is 11.2 Å². The highest BCUT2D eigenvalue weighted by Crippen LogP contribution is 2.27. The van der Waals surface area contributed by atoms with Crippen LogP contribution in [0.4, 0.5) is 0 Å². The molecule has 2 aromatic heterocycles. The lowest BCUT2D eigenvalue weighted by Crippen LogP contribution is -1.86. The number of pyridine rings is 1. The quantitative estimate of drug-likeness (QED) is 0.718. The summed E-state index contributed by atoms with van der Waals surface area (Å²) >= 11 is 0. The van der Waals surface area contributed by atoms with Crippen molar-refractivity contribution in [3.63, 3.8) is 0 Å². The van der Waals surface area contributed by atoms with Crippen molar-refractivity contribution < 1.29 is 0 Å². The Morgan fingerprint density at radius 3 is 2.95 bits per heavy atom. The van der Waals surface area contributed by atoms with Gasteiger partial charge in [0.05, 0.1) is 5.52 Å². The summed E-state index contributed by atoms with van der Waals surface area (Å²) in [6.07, 6.45) is 5.55. The Morgan fingerprint density at radius 2 is 2.00 bits per heavy atom. The first-order chi connectivity index (χ1) is 9.29. The standard InChI is InChI=1S/C16H15N3/c1-10-7-14-16(17-9-10)19-15(18-14)13-6-5-11-3-2-4-12(11)8-13/h5-9H,2-4H2,1H3,(H,17,18,19). The molecule has 1 aromatic carbocycles. The normalized spacial score (nSPS) is 13.9. The highest BCUT2D eigenvalue weighted by molar-refractivity contribution is 5.76. The highest BCUT2D eigenvalue weighted by Gasteiger charge is 2.13. The van der Waals surface area contributed by atoms with Crippen LogP contribution < -0.4 is 0 Å². The number of nitrogens with zero attached hydrogens (tertiary/aromatic N) is 2. The number of fused-ring (bicyclic) bond motifs is 2. The van der Waals surface area contributed by atoms with E-state index >= 15 is 0 Å². The number of aromatic amines is 1. The number of aryl methyl sites for hydroxylation is 3. The summed E-state index contributed by atoms with van der Waals surface area (Å²) in [5.41, 5.74) is 7.08. The predicted octanol–water partition coefficient (Wildman–Crippen LogP) is 3.42. The van der Waals surface area contributed by atoms with Gasteiger partial charge < -0.3 is 4.98 Å². The van der Waals surface area contributed by atoms with E-state index in [2.05, 4.69) is 39.2 Å². The molecule has 0 amide bonds. The van der Waals surface area contributed by atoms with E-state index in [1.165, 1.54) is 30.4 Å². The monoisotopic (exact) mass is 249 g/mol. The van der Waals surface area contributed by atoms with Crippen LogP contribution in [0.25, 0.3) is 22.6 Å². The van der Waals surface area contributed by atoms with Crippen LogP contribution in [-0.4, -0.2) is 15.0 Å². The Kier molecular flexibility index (Phi) is 2.21. The first-order valence-corrected chi connectivity index (χ1v) is 6.74. The molecule has 0 saturated heterocycles.